The summed E-state index contributed by atoms with van der Waals surface area (Å²) in [5.74, 6) is 1.75. The van der Waals surface area contributed by atoms with Gasteiger partial charge in [0.2, 0.25) is 6.79 Å². The Morgan fingerprint density at radius 1 is 0.806 bits per heavy atom. The van der Waals surface area contributed by atoms with E-state index in [0.29, 0.717) is 6.79 Å². The molecular formula is C27H40N2O2. The molecule has 1 saturated heterocycles. The van der Waals surface area contributed by atoms with Crippen LogP contribution in [0.25, 0.3) is 0 Å². The number of benzene rings is 1. The van der Waals surface area contributed by atoms with Gasteiger partial charge >= 0.3 is 0 Å². The maximum atomic E-state index is 5.51. The zero-order valence-corrected chi connectivity index (χ0v) is 20.0. The number of allylic oxidation sites excluding steroid dienone is 5. The zero-order valence-electron chi connectivity index (χ0n) is 20.0. The van der Waals surface area contributed by atoms with Crippen molar-refractivity contribution < 1.29 is 9.47 Å². The lowest BCUT2D eigenvalue weighted by Gasteiger charge is -2.34. The Hall–Kier alpha value is -2.04. The molecule has 0 saturated carbocycles. The topological polar surface area (TPSA) is 24.9 Å². The average molecular weight is 425 g/mol. The number of rotatable bonds is 10. The van der Waals surface area contributed by atoms with Gasteiger partial charge in [0.05, 0.1) is 0 Å². The minimum atomic E-state index is 0.344. The normalized spacial score (nSPS) is 17.8. The molecule has 170 valence electrons. The second-order valence-electron chi connectivity index (χ2n) is 9.22. The van der Waals surface area contributed by atoms with Crippen LogP contribution in [0.5, 0.6) is 11.5 Å². The van der Waals surface area contributed by atoms with Gasteiger partial charge < -0.3 is 9.47 Å². The van der Waals surface area contributed by atoms with Gasteiger partial charge in [-0.15, -0.1) is 0 Å². The van der Waals surface area contributed by atoms with Gasteiger partial charge in [-0.3, -0.25) is 9.80 Å². The third-order valence-electron chi connectivity index (χ3n) is 6.13. The highest BCUT2D eigenvalue weighted by atomic mass is 16.7. The molecule has 0 bridgehead atoms. The van der Waals surface area contributed by atoms with Crippen molar-refractivity contribution in [2.24, 2.45) is 0 Å². The maximum absolute atomic E-state index is 5.51. The van der Waals surface area contributed by atoms with Crippen molar-refractivity contribution in [3.63, 3.8) is 0 Å². The van der Waals surface area contributed by atoms with Crippen LogP contribution < -0.4 is 9.47 Å². The first-order valence-corrected chi connectivity index (χ1v) is 11.8. The molecule has 2 aliphatic heterocycles. The molecule has 2 heterocycles. The Morgan fingerprint density at radius 2 is 1.45 bits per heavy atom. The molecule has 0 radical (unpaired) electrons. The van der Waals surface area contributed by atoms with Crippen molar-refractivity contribution in [1.29, 1.82) is 0 Å². The molecule has 0 amide bonds. The molecule has 31 heavy (non-hydrogen) atoms. The Balaban J connectivity index is 1.33. The van der Waals surface area contributed by atoms with Crippen LogP contribution in [0.4, 0.5) is 0 Å². The summed E-state index contributed by atoms with van der Waals surface area (Å²) in [6.45, 7) is 15.8. The van der Waals surface area contributed by atoms with Gasteiger partial charge in [-0.25, -0.2) is 0 Å². The monoisotopic (exact) mass is 424 g/mol. The van der Waals surface area contributed by atoms with Crippen molar-refractivity contribution in [3.8, 4) is 11.5 Å². The second-order valence-corrected chi connectivity index (χ2v) is 9.22. The van der Waals surface area contributed by atoms with E-state index in [1.54, 1.807) is 0 Å². The molecule has 2 aliphatic rings. The Kier molecular flexibility index (Phi) is 9.23. The van der Waals surface area contributed by atoms with Crippen LogP contribution in [0, 0.1) is 0 Å². The summed E-state index contributed by atoms with van der Waals surface area (Å²) in [4.78, 5) is 5.10. The molecule has 0 spiro atoms. The van der Waals surface area contributed by atoms with Gasteiger partial charge in [-0.2, -0.15) is 0 Å². The lowest BCUT2D eigenvalue weighted by molar-refractivity contribution is 0.136. The molecule has 0 atom stereocenters. The first-order valence-electron chi connectivity index (χ1n) is 11.8. The van der Waals surface area contributed by atoms with Crippen LogP contribution >= 0.6 is 0 Å². The van der Waals surface area contributed by atoms with E-state index in [9.17, 15) is 0 Å². The van der Waals surface area contributed by atoms with Gasteiger partial charge in [0.25, 0.3) is 0 Å². The minimum Gasteiger partial charge on any atom is -0.454 e. The van der Waals surface area contributed by atoms with Gasteiger partial charge in [-0.05, 0) is 71.1 Å². The molecular weight excluding hydrogens is 384 g/mol. The van der Waals surface area contributed by atoms with E-state index in [1.165, 1.54) is 41.5 Å². The van der Waals surface area contributed by atoms with Crippen molar-refractivity contribution in [3.05, 3.63) is 58.7 Å². The molecule has 1 fully saturated rings. The molecule has 4 nitrogen and oxygen atoms in total. The van der Waals surface area contributed by atoms with Crippen molar-refractivity contribution >= 4 is 0 Å². The summed E-state index contributed by atoms with van der Waals surface area (Å²) < 4.78 is 10.9. The first kappa shape index (κ1) is 23.6. The number of piperazine rings is 1. The fourth-order valence-electron chi connectivity index (χ4n) is 4.05. The number of ether oxygens (including phenoxy) is 2. The molecule has 1 aromatic rings. The largest absolute Gasteiger partial charge is 0.454 e. The average Bonchev–Trinajstić information content (AvgIpc) is 3.21. The van der Waals surface area contributed by atoms with Crippen molar-refractivity contribution in [1.82, 2.24) is 9.80 Å². The Morgan fingerprint density at radius 3 is 2.19 bits per heavy atom. The number of fused-ring (bicyclic) bond motifs is 1. The van der Waals surface area contributed by atoms with Gasteiger partial charge in [0.1, 0.15) is 0 Å². The fourth-order valence-corrected chi connectivity index (χ4v) is 4.05. The van der Waals surface area contributed by atoms with E-state index in [1.807, 2.05) is 6.07 Å². The summed E-state index contributed by atoms with van der Waals surface area (Å²) in [6.07, 6.45) is 11.9. The lowest BCUT2D eigenvalue weighted by atomic mass is 10.1. The molecule has 0 unspecified atom stereocenters. The van der Waals surface area contributed by atoms with Crippen LogP contribution in [0.3, 0.4) is 0 Å². The van der Waals surface area contributed by atoms with Crippen LogP contribution in [-0.2, 0) is 6.54 Å². The highest BCUT2D eigenvalue weighted by molar-refractivity contribution is 5.44. The van der Waals surface area contributed by atoms with Crippen LogP contribution in [0.15, 0.2) is 53.1 Å². The quantitative estimate of drug-likeness (QED) is 0.433. The van der Waals surface area contributed by atoms with Crippen LogP contribution in [0.2, 0.25) is 0 Å². The highest BCUT2D eigenvalue weighted by Gasteiger charge is 2.18. The summed E-state index contributed by atoms with van der Waals surface area (Å²) in [6, 6.07) is 6.31. The number of hydrogen-bond acceptors (Lipinski definition) is 4. The maximum Gasteiger partial charge on any atom is 0.231 e. The SMILES string of the molecule is CC(C)=CCC/C(C)=C/CC/C(C)=C/CN1CCN(Cc2ccc3c(c2)OCO3)CC1. The molecule has 1 aromatic carbocycles. The molecule has 0 aromatic heterocycles. The predicted molar refractivity (Wildman–Crippen MR) is 130 cm³/mol. The summed E-state index contributed by atoms with van der Waals surface area (Å²) in [7, 11) is 0. The first-order chi connectivity index (χ1) is 15.0. The van der Waals surface area contributed by atoms with Crippen LogP contribution in [-0.4, -0.2) is 49.3 Å². The predicted octanol–water partition coefficient (Wildman–Crippen LogP) is 5.95. The van der Waals surface area contributed by atoms with Crippen molar-refractivity contribution in [2.45, 2.75) is 59.9 Å². The second kappa shape index (κ2) is 12.1. The van der Waals surface area contributed by atoms with Gasteiger partial charge in [0.15, 0.2) is 11.5 Å². The number of hydrogen-bond donors (Lipinski definition) is 0. The van der Waals surface area contributed by atoms with E-state index in [4.69, 9.17) is 9.47 Å². The molecule has 0 N–H and O–H groups in total. The highest BCUT2D eigenvalue weighted by Crippen LogP contribution is 2.32. The Labute approximate surface area is 189 Å². The van der Waals surface area contributed by atoms with Gasteiger partial charge in [-0.1, -0.05) is 41.0 Å². The Bertz CT molecular complexity index is 797. The summed E-state index contributed by atoms with van der Waals surface area (Å²) in [5, 5.41) is 0. The smallest absolute Gasteiger partial charge is 0.231 e. The van der Waals surface area contributed by atoms with E-state index in [2.05, 4.69) is 67.9 Å². The van der Waals surface area contributed by atoms with E-state index < -0.39 is 0 Å². The van der Waals surface area contributed by atoms with E-state index in [-0.39, 0.29) is 0 Å². The molecule has 3 rings (SSSR count). The van der Waals surface area contributed by atoms with Crippen LogP contribution in [0.1, 0.15) is 58.9 Å². The molecule has 4 heteroatoms. The third-order valence-corrected chi connectivity index (χ3v) is 6.13. The number of nitrogens with zero attached hydrogens (tertiary/aromatic N) is 2. The fraction of sp³-hybridized carbons (Fsp3) is 0.556. The van der Waals surface area contributed by atoms with E-state index in [0.717, 1.165) is 57.2 Å². The summed E-state index contributed by atoms with van der Waals surface area (Å²) >= 11 is 0. The lowest BCUT2D eigenvalue weighted by Crippen LogP contribution is -2.45. The zero-order chi connectivity index (χ0) is 22.1. The van der Waals surface area contributed by atoms with E-state index >= 15 is 0 Å². The standard InChI is InChI=1S/C27H40N2O2/c1-22(2)7-5-8-23(3)9-6-10-24(4)13-14-28-15-17-29(18-16-28)20-25-11-12-26-27(19-25)31-21-30-26/h7,9,11-13,19H,5-6,8,10,14-18,20-21H2,1-4H3/b23-9+,24-13+. The molecule has 0 aliphatic carbocycles. The summed E-state index contributed by atoms with van der Waals surface area (Å²) in [5.41, 5.74) is 5.75. The van der Waals surface area contributed by atoms with Gasteiger partial charge in [0, 0.05) is 39.3 Å². The van der Waals surface area contributed by atoms with Crippen molar-refractivity contribution in [2.75, 3.05) is 39.5 Å². The minimum absolute atomic E-state index is 0.344. The third kappa shape index (κ3) is 8.19.